The summed E-state index contributed by atoms with van der Waals surface area (Å²) in [6.45, 7) is 1.89. The van der Waals surface area contributed by atoms with E-state index < -0.39 is 0 Å². The number of rotatable bonds is 6. The highest BCUT2D eigenvalue weighted by Crippen LogP contribution is 2.33. The summed E-state index contributed by atoms with van der Waals surface area (Å²) in [6, 6.07) is 15.5. The van der Waals surface area contributed by atoms with E-state index in [0.29, 0.717) is 29.1 Å². The topological polar surface area (TPSA) is 128 Å². The van der Waals surface area contributed by atoms with E-state index in [-0.39, 0.29) is 11.8 Å². The lowest BCUT2D eigenvalue weighted by atomic mass is 9.99. The normalized spacial score (nSPS) is 13.6. The van der Waals surface area contributed by atoms with E-state index in [4.69, 9.17) is 0 Å². The van der Waals surface area contributed by atoms with Gasteiger partial charge in [-0.1, -0.05) is 18.2 Å². The Balaban J connectivity index is 1.34. The molecule has 5 rings (SSSR count). The Morgan fingerprint density at radius 2 is 2.00 bits per heavy atom. The average molecular weight is 439 g/mol. The SMILES string of the molecule is Cc1cc(N/C=C2\C(=O)Nc3ccc(Cc4cccc(NC(=O)c5cn[nH]c5)c4)cc32)[nH]n1. The molecule has 0 unspecified atom stereocenters. The number of nitrogens with one attached hydrogen (secondary N) is 5. The van der Waals surface area contributed by atoms with Crippen molar-refractivity contribution in [2.24, 2.45) is 0 Å². The van der Waals surface area contributed by atoms with Crippen LogP contribution in [0, 0.1) is 6.92 Å². The van der Waals surface area contributed by atoms with Gasteiger partial charge in [-0.2, -0.15) is 10.2 Å². The van der Waals surface area contributed by atoms with E-state index in [1.54, 1.807) is 12.4 Å². The van der Waals surface area contributed by atoms with Crippen molar-refractivity contribution in [2.75, 3.05) is 16.0 Å². The van der Waals surface area contributed by atoms with Crippen LogP contribution in [0.4, 0.5) is 17.2 Å². The summed E-state index contributed by atoms with van der Waals surface area (Å²) in [5, 5.41) is 22.3. The quantitative estimate of drug-likeness (QED) is 0.293. The first kappa shape index (κ1) is 20.3. The van der Waals surface area contributed by atoms with Crippen LogP contribution in [0.15, 0.2) is 67.1 Å². The summed E-state index contributed by atoms with van der Waals surface area (Å²) < 4.78 is 0. The molecule has 4 aromatic rings. The van der Waals surface area contributed by atoms with Gasteiger partial charge >= 0.3 is 0 Å². The number of hydrogen-bond acceptors (Lipinski definition) is 5. The van der Waals surface area contributed by atoms with Crippen LogP contribution in [0.1, 0.15) is 32.7 Å². The van der Waals surface area contributed by atoms with Gasteiger partial charge in [0.05, 0.1) is 23.0 Å². The lowest BCUT2D eigenvalue weighted by Crippen LogP contribution is -2.11. The average Bonchev–Trinajstić information content (AvgIpc) is 3.53. The molecule has 0 saturated carbocycles. The lowest BCUT2D eigenvalue weighted by Gasteiger charge is -2.08. The minimum absolute atomic E-state index is 0.158. The minimum atomic E-state index is -0.224. The molecule has 0 bridgehead atoms. The Labute approximate surface area is 189 Å². The van der Waals surface area contributed by atoms with Crippen LogP contribution in [0.2, 0.25) is 0 Å². The number of carbonyl (C=O) groups excluding carboxylic acids is 2. The van der Waals surface area contributed by atoms with E-state index in [2.05, 4.69) is 36.3 Å². The molecule has 9 heteroatoms. The second-order valence-electron chi connectivity index (χ2n) is 7.78. The Morgan fingerprint density at radius 1 is 1.12 bits per heavy atom. The van der Waals surface area contributed by atoms with Gasteiger partial charge in [0, 0.05) is 35.4 Å². The first-order valence-corrected chi connectivity index (χ1v) is 10.4. The number of anilines is 3. The molecule has 0 radical (unpaired) electrons. The van der Waals surface area contributed by atoms with Gasteiger partial charge in [-0.05, 0) is 48.7 Å². The Bertz CT molecular complexity index is 1370. The fraction of sp³-hybridized carbons (Fsp3) is 0.0833. The summed E-state index contributed by atoms with van der Waals surface area (Å²) in [4.78, 5) is 24.8. The molecule has 0 fully saturated rings. The number of hydrogen-bond donors (Lipinski definition) is 5. The van der Waals surface area contributed by atoms with Gasteiger partial charge in [0.1, 0.15) is 5.82 Å². The number of benzene rings is 2. The van der Waals surface area contributed by atoms with Crippen LogP contribution in [-0.2, 0) is 11.2 Å². The molecular weight excluding hydrogens is 418 g/mol. The third-order valence-electron chi connectivity index (χ3n) is 5.30. The summed E-state index contributed by atoms with van der Waals surface area (Å²) in [6.07, 6.45) is 5.36. The van der Waals surface area contributed by atoms with Gasteiger partial charge in [0.15, 0.2) is 0 Å². The van der Waals surface area contributed by atoms with Gasteiger partial charge in [0.2, 0.25) is 0 Å². The molecule has 2 aromatic carbocycles. The van der Waals surface area contributed by atoms with Crippen molar-refractivity contribution >= 4 is 34.6 Å². The minimum Gasteiger partial charge on any atom is -0.346 e. The van der Waals surface area contributed by atoms with Crippen molar-refractivity contribution in [3.63, 3.8) is 0 Å². The van der Waals surface area contributed by atoms with E-state index >= 15 is 0 Å². The number of carbonyl (C=O) groups is 2. The van der Waals surface area contributed by atoms with E-state index in [1.165, 1.54) is 6.20 Å². The van der Waals surface area contributed by atoms with Crippen molar-refractivity contribution in [3.8, 4) is 0 Å². The molecule has 9 nitrogen and oxygen atoms in total. The van der Waals surface area contributed by atoms with Crippen molar-refractivity contribution in [3.05, 3.63) is 95.1 Å². The summed E-state index contributed by atoms with van der Waals surface area (Å²) in [5.74, 6) is 0.333. The molecule has 1 aliphatic heterocycles. The number of fused-ring (bicyclic) bond motifs is 1. The van der Waals surface area contributed by atoms with Crippen molar-refractivity contribution in [2.45, 2.75) is 13.3 Å². The maximum atomic E-state index is 12.5. The second-order valence-corrected chi connectivity index (χ2v) is 7.78. The van der Waals surface area contributed by atoms with Crippen molar-refractivity contribution < 1.29 is 9.59 Å². The smallest absolute Gasteiger partial charge is 0.258 e. The van der Waals surface area contributed by atoms with Crippen LogP contribution in [0.3, 0.4) is 0 Å². The number of aromatic amines is 2. The maximum Gasteiger partial charge on any atom is 0.258 e. The molecule has 0 saturated heterocycles. The van der Waals surface area contributed by atoms with E-state index in [9.17, 15) is 9.59 Å². The number of aromatic nitrogens is 4. The summed E-state index contributed by atoms with van der Waals surface area (Å²) in [5.41, 5.74) is 6.29. The summed E-state index contributed by atoms with van der Waals surface area (Å²) in [7, 11) is 0. The standard InChI is InChI=1S/C24H21N7O2/c1-14-7-22(31-30-14)25-13-20-19-10-16(5-6-21(19)29-24(20)33)8-15-3-2-4-18(9-15)28-23(32)17-11-26-27-12-17/h2-7,9-13H,8H2,1H3,(H,26,27)(H,28,32)(H,29,33)(H2,25,30,31)/b20-13-. The fourth-order valence-corrected chi connectivity index (χ4v) is 3.71. The first-order valence-electron chi connectivity index (χ1n) is 10.4. The summed E-state index contributed by atoms with van der Waals surface area (Å²) >= 11 is 0. The predicted octanol–water partition coefficient (Wildman–Crippen LogP) is 3.69. The molecule has 1 aliphatic rings. The number of nitrogens with zero attached hydrogens (tertiary/aromatic N) is 2. The zero-order valence-corrected chi connectivity index (χ0v) is 17.8. The second kappa shape index (κ2) is 8.46. The van der Waals surface area contributed by atoms with E-state index in [0.717, 1.165) is 28.1 Å². The highest BCUT2D eigenvalue weighted by molar-refractivity contribution is 6.31. The third-order valence-corrected chi connectivity index (χ3v) is 5.30. The molecule has 2 amide bonds. The van der Waals surface area contributed by atoms with Crippen LogP contribution in [-0.4, -0.2) is 32.2 Å². The fourth-order valence-electron chi connectivity index (χ4n) is 3.71. The largest absolute Gasteiger partial charge is 0.346 e. The zero-order chi connectivity index (χ0) is 22.8. The van der Waals surface area contributed by atoms with Gasteiger partial charge < -0.3 is 16.0 Å². The van der Waals surface area contributed by atoms with Gasteiger partial charge in [-0.25, -0.2) is 0 Å². The number of amides is 2. The molecule has 5 N–H and O–H groups in total. The highest BCUT2D eigenvalue weighted by atomic mass is 16.2. The highest BCUT2D eigenvalue weighted by Gasteiger charge is 2.24. The van der Waals surface area contributed by atoms with Crippen LogP contribution < -0.4 is 16.0 Å². The first-order chi connectivity index (χ1) is 16.0. The monoisotopic (exact) mass is 439 g/mol. The van der Waals surface area contributed by atoms with Crippen LogP contribution in [0.25, 0.3) is 5.57 Å². The predicted molar refractivity (Wildman–Crippen MR) is 126 cm³/mol. The molecule has 0 atom stereocenters. The molecule has 33 heavy (non-hydrogen) atoms. The van der Waals surface area contributed by atoms with Crippen LogP contribution >= 0.6 is 0 Å². The molecule has 3 heterocycles. The number of aryl methyl sites for hydroxylation is 1. The molecule has 2 aromatic heterocycles. The number of H-pyrrole nitrogens is 2. The molecular formula is C24H21N7O2. The molecule has 0 aliphatic carbocycles. The van der Waals surface area contributed by atoms with Crippen molar-refractivity contribution in [1.29, 1.82) is 0 Å². The zero-order valence-electron chi connectivity index (χ0n) is 17.8. The molecule has 0 spiro atoms. The van der Waals surface area contributed by atoms with Gasteiger partial charge in [-0.15, -0.1) is 0 Å². The van der Waals surface area contributed by atoms with Crippen molar-refractivity contribution in [1.82, 2.24) is 20.4 Å². The Hall–Kier alpha value is -4.66. The van der Waals surface area contributed by atoms with E-state index in [1.807, 2.05) is 55.5 Å². The van der Waals surface area contributed by atoms with Crippen LogP contribution in [0.5, 0.6) is 0 Å². The molecule has 164 valence electrons. The third kappa shape index (κ3) is 4.38. The Morgan fingerprint density at radius 3 is 2.79 bits per heavy atom. The maximum absolute atomic E-state index is 12.5. The van der Waals surface area contributed by atoms with Gasteiger partial charge in [-0.3, -0.25) is 19.8 Å². The Kier molecular flexibility index (Phi) is 5.19. The lowest BCUT2D eigenvalue weighted by molar-refractivity contribution is -0.110. The van der Waals surface area contributed by atoms with Gasteiger partial charge in [0.25, 0.3) is 11.8 Å².